The minimum Gasteiger partial charge on any atom is -0.491 e. The first-order valence-corrected chi connectivity index (χ1v) is 6.16. The van der Waals surface area contributed by atoms with Crippen molar-refractivity contribution < 1.29 is 9.13 Å². The summed E-state index contributed by atoms with van der Waals surface area (Å²) in [5, 5.41) is 0. The summed E-state index contributed by atoms with van der Waals surface area (Å²) in [5.74, 6) is 0.0741. The molecule has 2 nitrogen and oxygen atoms in total. The lowest BCUT2D eigenvalue weighted by molar-refractivity contribution is 0.277. The second kappa shape index (κ2) is 6.60. The number of ether oxygens (including phenoxy) is 1. The first kappa shape index (κ1) is 14.0. The molecule has 0 aliphatic carbocycles. The molecule has 0 fully saturated rings. The summed E-state index contributed by atoms with van der Waals surface area (Å²) in [6.07, 6.45) is 0.859. The molecule has 0 aliphatic heterocycles. The van der Waals surface area contributed by atoms with Crippen LogP contribution < -0.4 is 4.74 Å². The van der Waals surface area contributed by atoms with Crippen LogP contribution in [-0.4, -0.2) is 31.1 Å². The minimum absolute atomic E-state index is 0.267. The molecule has 0 radical (unpaired) electrons. The predicted octanol–water partition coefficient (Wildman–Crippen LogP) is 3.11. The minimum atomic E-state index is -0.267. The zero-order valence-electron chi connectivity index (χ0n) is 11.2. The lowest BCUT2D eigenvalue weighted by Crippen LogP contribution is -2.28. The highest BCUT2D eigenvalue weighted by molar-refractivity contribution is 5.29. The Morgan fingerprint density at radius 1 is 1.35 bits per heavy atom. The van der Waals surface area contributed by atoms with Crippen LogP contribution in [-0.2, 0) is 6.42 Å². The van der Waals surface area contributed by atoms with Gasteiger partial charge in [0.25, 0.3) is 0 Å². The third-order valence-corrected chi connectivity index (χ3v) is 2.93. The molecule has 0 heterocycles. The van der Waals surface area contributed by atoms with E-state index in [1.165, 1.54) is 0 Å². The molecule has 0 amide bonds. The fourth-order valence-corrected chi connectivity index (χ4v) is 1.54. The Labute approximate surface area is 103 Å². The van der Waals surface area contributed by atoms with Gasteiger partial charge < -0.3 is 9.64 Å². The van der Waals surface area contributed by atoms with E-state index in [9.17, 15) is 4.39 Å². The highest BCUT2D eigenvalue weighted by atomic mass is 19.1. The van der Waals surface area contributed by atoms with Crippen molar-refractivity contribution in [2.75, 3.05) is 20.2 Å². The molecule has 0 aliphatic rings. The molecule has 0 saturated carbocycles. The van der Waals surface area contributed by atoms with E-state index in [0.29, 0.717) is 18.4 Å². The highest BCUT2D eigenvalue weighted by Crippen LogP contribution is 2.18. The lowest BCUT2D eigenvalue weighted by atomic mass is 10.1. The van der Waals surface area contributed by atoms with Gasteiger partial charge >= 0.3 is 0 Å². The Hall–Kier alpha value is -1.09. The lowest BCUT2D eigenvalue weighted by Gasteiger charge is -2.20. The summed E-state index contributed by atoms with van der Waals surface area (Å²) < 4.78 is 18.8. The summed E-state index contributed by atoms with van der Waals surface area (Å²) in [7, 11) is 2.08. The van der Waals surface area contributed by atoms with E-state index in [1.807, 2.05) is 13.0 Å². The Bertz CT molecular complexity index is 352. The zero-order valence-corrected chi connectivity index (χ0v) is 11.2. The normalized spacial score (nSPS) is 11.2. The molecule has 0 bridgehead atoms. The van der Waals surface area contributed by atoms with E-state index in [-0.39, 0.29) is 5.82 Å². The molecule has 17 heavy (non-hydrogen) atoms. The topological polar surface area (TPSA) is 12.5 Å². The van der Waals surface area contributed by atoms with E-state index in [4.69, 9.17) is 4.74 Å². The number of hydrogen-bond donors (Lipinski definition) is 0. The van der Waals surface area contributed by atoms with Crippen molar-refractivity contribution in [2.45, 2.75) is 33.2 Å². The second-order valence-corrected chi connectivity index (χ2v) is 4.52. The van der Waals surface area contributed by atoms with Gasteiger partial charge in [-0.3, -0.25) is 0 Å². The van der Waals surface area contributed by atoms with Crippen LogP contribution in [0.5, 0.6) is 5.75 Å². The van der Waals surface area contributed by atoms with Crippen LogP contribution in [0.2, 0.25) is 0 Å². The number of hydrogen-bond acceptors (Lipinski definition) is 2. The third-order valence-electron chi connectivity index (χ3n) is 2.93. The number of benzene rings is 1. The molecule has 0 unspecified atom stereocenters. The number of likely N-dealkylation sites (N-methyl/N-ethyl adjacent to an activating group) is 1. The van der Waals surface area contributed by atoms with Gasteiger partial charge in [-0.25, -0.2) is 4.39 Å². The van der Waals surface area contributed by atoms with Crippen LogP contribution in [0.15, 0.2) is 18.2 Å². The van der Waals surface area contributed by atoms with Gasteiger partial charge in [0.05, 0.1) is 6.61 Å². The summed E-state index contributed by atoms with van der Waals surface area (Å²) in [4.78, 5) is 2.24. The molecule has 0 spiro atoms. The molecule has 1 aromatic carbocycles. The molecule has 0 saturated heterocycles. The number of nitrogens with zero attached hydrogens (tertiary/aromatic N) is 1. The summed E-state index contributed by atoms with van der Waals surface area (Å²) in [6.45, 7) is 7.58. The monoisotopic (exact) mass is 239 g/mol. The van der Waals surface area contributed by atoms with Crippen LogP contribution in [0.4, 0.5) is 4.39 Å². The zero-order chi connectivity index (χ0) is 12.8. The van der Waals surface area contributed by atoms with Crippen molar-refractivity contribution in [1.82, 2.24) is 4.90 Å². The average molecular weight is 239 g/mol. The van der Waals surface area contributed by atoms with Crippen LogP contribution in [0.25, 0.3) is 0 Å². The van der Waals surface area contributed by atoms with Gasteiger partial charge in [0.1, 0.15) is 0 Å². The van der Waals surface area contributed by atoms with E-state index in [1.54, 1.807) is 12.1 Å². The Balaban J connectivity index is 2.58. The van der Waals surface area contributed by atoms with Gasteiger partial charge in [0, 0.05) is 12.6 Å². The Morgan fingerprint density at radius 3 is 2.59 bits per heavy atom. The van der Waals surface area contributed by atoms with Crippen molar-refractivity contribution in [3.8, 4) is 5.75 Å². The standard InChI is InChI=1S/C14H22FNO/c1-5-17-14-7-6-12(10-13(14)15)8-9-16(4)11(2)3/h6-7,10-11H,5,8-9H2,1-4H3. The van der Waals surface area contributed by atoms with Crippen LogP contribution in [0.1, 0.15) is 26.3 Å². The molecule has 3 heteroatoms. The van der Waals surface area contributed by atoms with Gasteiger partial charge in [0.15, 0.2) is 11.6 Å². The van der Waals surface area contributed by atoms with Gasteiger partial charge in [-0.15, -0.1) is 0 Å². The molecule has 1 rings (SSSR count). The number of halogens is 1. The summed E-state index contributed by atoms with van der Waals surface area (Å²) in [5.41, 5.74) is 1.01. The van der Waals surface area contributed by atoms with E-state index >= 15 is 0 Å². The first-order chi connectivity index (χ1) is 8.04. The fraction of sp³-hybridized carbons (Fsp3) is 0.571. The van der Waals surface area contributed by atoms with Gasteiger partial charge in [-0.2, -0.15) is 0 Å². The molecular weight excluding hydrogens is 217 g/mol. The first-order valence-electron chi connectivity index (χ1n) is 6.16. The maximum absolute atomic E-state index is 13.6. The average Bonchev–Trinajstić information content (AvgIpc) is 2.29. The Morgan fingerprint density at radius 2 is 2.06 bits per heavy atom. The molecular formula is C14H22FNO. The Kier molecular flexibility index (Phi) is 5.42. The van der Waals surface area contributed by atoms with Crippen molar-refractivity contribution >= 4 is 0 Å². The third kappa shape index (κ3) is 4.35. The van der Waals surface area contributed by atoms with E-state index in [0.717, 1.165) is 18.5 Å². The largest absolute Gasteiger partial charge is 0.491 e. The van der Waals surface area contributed by atoms with Crippen molar-refractivity contribution in [3.05, 3.63) is 29.6 Å². The van der Waals surface area contributed by atoms with Crippen LogP contribution in [0.3, 0.4) is 0 Å². The summed E-state index contributed by atoms with van der Waals surface area (Å²) >= 11 is 0. The SMILES string of the molecule is CCOc1ccc(CCN(C)C(C)C)cc1F. The van der Waals surface area contributed by atoms with Crippen LogP contribution >= 0.6 is 0 Å². The smallest absolute Gasteiger partial charge is 0.165 e. The predicted molar refractivity (Wildman–Crippen MR) is 69.0 cm³/mol. The molecule has 1 aromatic rings. The van der Waals surface area contributed by atoms with Crippen molar-refractivity contribution in [3.63, 3.8) is 0 Å². The van der Waals surface area contributed by atoms with E-state index < -0.39 is 0 Å². The maximum Gasteiger partial charge on any atom is 0.165 e. The maximum atomic E-state index is 13.6. The molecule has 96 valence electrons. The summed E-state index contributed by atoms with van der Waals surface area (Å²) in [6, 6.07) is 5.73. The van der Waals surface area contributed by atoms with Crippen molar-refractivity contribution in [2.24, 2.45) is 0 Å². The van der Waals surface area contributed by atoms with E-state index in [2.05, 4.69) is 25.8 Å². The number of rotatable bonds is 6. The molecule has 0 aromatic heterocycles. The molecule has 0 atom stereocenters. The quantitative estimate of drug-likeness (QED) is 0.756. The fourth-order valence-electron chi connectivity index (χ4n) is 1.54. The van der Waals surface area contributed by atoms with Gasteiger partial charge in [0.2, 0.25) is 0 Å². The second-order valence-electron chi connectivity index (χ2n) is 4.52. The van der Waals surface area contributed by atoms with Gasteiger partial charge in [-0.05, 0) is 51.9 Å². The van der Waals surface area contributed by atoms with Gasteiger partial charge in [-0.1, -0.05) is 6.07 Å². The van der Waals surface area contributed by atoms with Crippen LogP contribution in [0, 0.1) is 5.82 Å². The molecule has 0 N–H and O–H groups in total. The van der Waals surface area contributed by atoms with Crippen molar-refractivity contribution in [1.29, 1.82) is 0 Å². The highest BCUT2D eigenvalue weighted by Gasteiger charge is 2.06.